The average molecular weight is 313 g/mol. The molecule has 0 aromatic heterocycles. The predicted octanol–water partition coefficient (Wildman–Crippen LogP) is 2.84. The second kappa shape index (κ2) is 8.27. The van der Waals surface area contributed by atoms with E-state index in [1.54, 1.807) is 0 Å². The van der Waals surface area contributed by atoms with Gasteiger partial charge in [-0.15, -0.1) is 0 Å². The van der Waals surface area contributed by atoms with E-state index >= 15 is 0 Å². The van der Waals surface area contributed by atoms with Crippen LogP contribution in [-0.4, -0.2) is 18.5 Å². The van der Waals surface area contributed by atoms with Gasteiger partial charge in [0.25, 0.3) is 0 Å². The molecule has 2 N–H and O–H groups in total. The smallest absolute Gasteiger partial charge is 0.220 e. The number of rotatable bonds is 7. The molecule has 0 unspecified atom stereocenters. The third kappa shape index (κ3) is 6.77. The minimum atomic E-state index is 0.112. The Bertz CT molecular complexity index is 380. The standard InChI is InChI=1S/C14H21BrN2O/c1-11(2)16-8-4-7-14(18)17-10-12-5-3-6-13(15)9-12/h3,5-6,9,11,16H,4,7-8,10H2,1-2H3,(H,17,18). The van der Waals surface area contributed by atoms with Gasteiger partial charge in [-0.05, 0) is 30.7 Å². The van der Waals surface area contributed by atoms with E-state index in [-0.39, 0.29) is 5.91 Å². The van der Waals surface area contributed by atoms with Crippen molar-refractivity contribution < 1.29 is 4.79 Å². The first-order valence-electron chi connectivity index (χ1n) is 6.32. The van der Waals surface area contributed by atoms with Gasteiger partial charge in [-0.1, -0.05) is 41.9 Å². The SMILES string of the molecule is CC(C)NCCCC(=O)NCc1cccc(Br)c1. The number of amides is 1. The first-order valence-corrected chi connectivity index (χ1v) is 7.12. The highest BCUT2D eigenvalue weighted by Gasteiger charge is 2.01. The Labute approximate surface area is 117 Å². The fourth-order valence-electron chi connectivity index (χ4n) is 1.58. The Hall–Kier alpha value is -0.870. The van der Waals surface area contributed by atoms with Gasteiger partial charge in [0, 0.05) is 23.5 Å². The van der Waals surface area contributed by atoms with Crippen LogP contribution in [0.25, 0.3) is 0 Å². The molecule has 1 aromatic carbocycles. The molecular formula is C14H21BrN2O. The van der Waals surface area contributed by atoms with Crippen LogP contribution < -0.4 is 10.6 Å². The van der Waals surface area contributed by atoms with E-state index in [0.717, 1.165) is 23.0 Å². The van der Waals surface area contributed by atoms with Crippen LogP contribution in [0.15, 0.2) is 28.7 Å². The van der Waals surface area contributed by atoms with Gasteiger partial charge in [-0.2, -0.15) is 0 Å². The number of benzene rings is 1. The van der Waals surface area contributed by atoms with Crippen molar-refractivity contribution in [2.24, 2.45) is 0 Å². The molecule has 0 aliphatic heterocycles. The van der Waals surface area contributed by atoms with E-state index in [1.165, 1.54) is 0 Å². The lowest BCUT2D eigenvalue weighted by Gasteiger charge is -2.08. The summed E-state index contributed by atoms with van der Waals surface area (Å²) in [6.45, 7) is 5.69. The maximum atomic E-state index is 11.6. The molecule has 4 heteroatoms. The molecule has 100 valence electrons. The van der Waals surface area contributed by atoms with Crippen LogP contribution in [0.2, 0.25) is 0 Å². The molecule has 1 aromatic rings. The lowest BCUT2D eigenvalue weighted by molar-refractivity contribution is -0.121. The normalized spacial score (nSPS) is 10.7. The lowest BCUT2D eigenvalue weighted by Crippen LogP contribution is -2.27. The zero-order valence-corrected chi connectivity index (χ0v) is 12.6. The number of carbonyl (C=O) groups is 1. The first-order chi connectivity index (χ1) is 8.58. The molecule has 0 aliphatic carbocycles. The van der Waals surface area contributed by atoms with E-state index < -0.39 is 0 Å². The second-order valence-electron chi connectivity index (χ2n) is 4.62. The molecule has 0 bridgehead atoms. The maximum absolute atomic E-state index is 11.6. The number of halogens is 1. The Morgan fingerprint density at radius 3 is 2.83 bits per heavy atom. The molecule has 1 rings (SSSR count). The van der Waals surface area contributed by atoms with Crippen molar-refractivity contribution in [1.29, 1.82) is 0 Å². The van der Waals surface area contributed by atoms with Crippen molar-refractivity contribution in [3.05, 3.63) is 34.3 Å². The minimum Gasteiger partial charge on any atom is -0.352 e. The molecule has 0 atom stereocenters. The molecule has 0 aliphatic rings. The highest BCUT2D eigenvalue weighted by molar-refractivity contribution is 9.10. The zero-order chi connectivity index (χ0) is 13.4. The van der Waals surface area contributed by atoms with Crippen molar-refractivity contribution in [3.8, 4) is 0 Å². The molecule has 0 saturated carbocycles. The van der Waals surface area contributed by atoms with Crippen LogP contribution in [0.5, 0.6) is 0 Å². The average Bonchev–Trinajstić information content (AvgIpc) is 2.32. The Kier molecular flexibility index (Phi) is 6.98. The van der Waals surface area contributed by atoms with Gasteiger partial charge in [0.2, 0.25) is 5.91 Å². The zero-order valence-electron chi connectivity index (χ0n) is 11.0. The molecular weight excluding hydrogens is 292 g/mol. The number of hydrogen-bond acceptors (Lipinski definition) is 2. The number of nitrogens with one attached hydrogen (secondary N) is 2. The minimum absolute atomic E-state index is 0.112. The van der Waals surface area contributed by atoms with Crippen LogP contribution in [0, 0.1) is 0 Å². The van der Waals surface area contributed by atoms with Crippen LogP contribution >= 0.6 is 15.9 Å². The second-order valence-corrected chi connectivity index (χ2v) is 5.53. The van der Waals surface area contributed by atoms with Gasteiger partial charge in [0.05, 0.1) is 0 Å². The molecule has 3 nitrogen and oxygen atoms in total. The highest BCUT2D eigenvalue weighted by Crippen LogP contribution is 2.11. The molecule has 0 fully saturated rings. The van der Waals surface area contributed by atoms with Gasteiger partial charge in [0.15, 0.2) is 0 Å². The van der Waals surface area contributed by atoms with Crippen LogP contribution in [0.3, 0.4) is 0 Å². The van der Waals surface area contributed by atoms with E-state index in [1.807, 2.05) is 24.3 Å². The number of hydrogen-bond donors (Lipinski definition) is 2. The van der Waals surface area contributed by atoms with Crippen molar-refractivity contribution in [2.45, 2.75) is 39.3 Å². The van der Waals surface area contributed by atoms with Crippen molar-refractivity contribution in [1.82, 2.24) is 10.6 Å². The van der Waals surface area contributed by atoms with Gasteiger partial charge in [-0.3, -0.25) is 4.79 Å². The summed E-state index contributed by atoms with van der Waals surface area (Å²) < 4.78 is 1.04. The summed E-state index contributed by atoms with van der Waals surface area (Å²) in [6, 6.07) is 8.45. The molecule has 0 saturated heterocycles. The highest BCUT2D eigenvalue weighted by atomic mass is 79.9. The van der Waals surface area contributed by atoms with E-state index in [9.17, 15) is 4.79 Å². The summed E-state index contributed by atoms with van der Waals surface area (Å²) in [7, 11) is 0. The fraction of sp³-hybridized carbons (Fsp3) is 0.500. The van der Waals surface area contributed by atoms with Crippen LogP contribution in [-0.2, 0) is 11.3 Å². The van der Waals surface area contributed by atoms with E-state index in [0.29, 0.717) is 19.0 Å². The summed E-state index contributed by atoms with van der Waals surface area (Å²) in [5.74, 6) is 0.112. The molecule has 18 heavy (non-hydrogen) atoms. The Balaban J connectivity index is 2.17. The summed E-state index contributed by atoms with van der Waals surface area (Å²) in [6.07, 6.45) is 1.45. The molecule has 0 spiro atoms. The van der Waals surface area contributed by atoms with Crippen molar-refractivity contribution in [3.63, 3.8) is 0 Å². The summed E-state index contributed by atoms with van der Waals surface area (Å²) in [5.41, 5.74) is 1.11. The van der Waals surface area contributed by atoms with Gasteiger partial charge in [-0.25, -0.2) is 0 Å². The Morgan fingerprint density at radius 1 is 1.39 bits per heavy atom. The maximum Gasteiger partial charge on any atom is 0.220 e. The van der Waals surface area contributed by atoms with Crippen molar-refractivity contribution in [2.75, 3.05) is 6.54 Å². The summed E-state index contributed by atoms with van der Waals surface area (Å²) in [4.78, 5) is 11.6. The third-order valence-corrected chi connectivity index (χ3v) is 3.01. The van der Waals surface area contributed by atoms with Gasteiger partial charge >= 0.3 is 0 Å². The van der Waals surface area contributed by atoms with Crippen LogP contribution in [0.4, 0.5) is 0 Å². The summed E-state index contributed by atoms with van der Waals surface area (Å²) in [5, 5.41) is 6.22. The topological polar surface area (TPSA) is 41.1 Å². The molecule has 0 radical (unpaired) electrons. The first kappa shape index (κ1) is 15.2. The van der Waals surface area contributed by atoms with Crippen LogP contribution in [0.1, 0.15) is 32.3 Å². The number of carbonyl (C=O) groups excluding carboxylic acids is 1. The Morgan fingerprint density at radius 2 is 2.17 bits per heavy atom. The largest absolute Gasteiger partial charge is 0.352 e. The molecule has 1 amide bonds. The van der Waals surface area contributed by atoms with Crippen molar-refractivity contribution >= 4 is 21.8 Å². The molecule has 0 heterocycles. The van der Waals surface area contributed by atoms with E-state index in [4.69, 9.17) is 0 Å². The monoisotopic (exact) mass is 312 g/mol. The lowest BCUT2D eigenvalue weighted by atomic mass is 10.2. The third-order valence-electron chi connectivity index (χ3n) is 2.51. The fourth-order valence-corrected chi connectivity index (χ4v) is 2.02. The quantitative estimate of drug-likeness (QED) is 0.760. The predicted molar refractivity (Wildman–Crippen MR) is 78.4 cm³/mol. The summed E-state index contributed by atoms with van der Waals surface area (Å²) >= 11 is 3.41. The van der Waals surface area contributed by atoms with Gasteiger partial charge in [0.1, 0.15) is 0 Å². The van der Waals surface area contributed by atoms with E-state index in [2.05, 4.69) is 40.4 Å². The van der Waals surface area contributed by atoms with Gasteiger partial charge < -0.3 is 10.6 Å².